The van der Waals surface area contributed by atoms with E-state index in [-0.39, 0.29) is 17.1 Å². The van der Waals surface area contributed by atoms with Gasteiger partial charge in [0, 0.05) is 12.3 Å². The summed E-state index contributed by atoms with van der Waals surface area (Å²) in [6.45, 7) is 1.01. The number of rotatable bonds is 6. The number of methoxy groups -OCH3 is 1. The number of carbonyl (C=O) groups is 1. The van der Waals surface area contributed by atoms with Gasteiger partial charge in [-0.05, 0) is 35.4 Å². The molecule has 5 nitrogen and oxygen atoms in total. The van der Waals surface area contributed by atoms with Gasteiger partial charge in [0.25, 0.3) is 0 Å². The molecule has 1 atom stereocenters. The second-order valence-electron chi connectivity index (χ2n) is 7.01. The van der Waals surface area contributed by atoms with Crippen LogP contribution in [0.4, 0.5) is 14.9 Å². The van der Waals surface area contributed by atoms with Crippen LogP contribution in [-0.2, 0) is 6.61 Å². The zero-order valence-corrected chi connectivity index (χ0v) is 17.9. The molecule has 7 heteroatoms. The Morgan fingerprint density at radius 2 is 1.87 bits per heavy atom. The van der Waals surface area contributed by atoms with Crippen LogP contribution in [0.2, 0.25) is 0 Å². The molecule has 0 radical (unpaired) electrons. The fourth-order valence-corrected chi connectivity index (χ4v) is 4.64. The molecule has 1 unspecified atom stereocenters. The summed E-state index contributed by atoms with van der Waals surface area (Å²) in [5.74, 6) is 1.58. The molecule has 0 bridgehead atoms. The maximum Gasteiger partial charge on any atom is 0.323 e. The van der Waals surface area contributed by atoms with Gasteiger partial charge >= 0.3 is 6.03 Å². The van der Waals surface area contributed by atoms with E-state index in [9.17, 15) is 9.18 Å². The summed E-state index contributed by atoms with van der Waals surface area (Å²) < 4.78 is 25.4. The van der Waals surface area contributed by atoms with E-state index < -0.39 is 5.82 Å². The van der Waals surface area contributed by atoms with Crippen molar-refractivity contribution in [1.29, 1.82) is 0 Å². The third-order valence-electron chi connectivity index (χ3n) is 4.98. The molecule has 1 saturated heterocycles. The van der Waals surface area contributed by atoms with Crippen LogP contribution < -0.4 is 14.8 Å². The van der Waals surface area contributed by atoms with Crippen molar-refractivity contribution in [3.05, 3.63) is 89.7 Å². The van der Waals surface area contributed by atoms with Crippen molar-refractivity contribution in [3.63, 3.8) is 0 Å². The SMILES string of the molecule is COc1cc(C2SCCN2C(=O)Nc2ccccc2F)ccc1OCc1ccccc1. The van der Waals surface area contributed by atoms with Crippen LogP contribution >= 0.6 is 11.8 Å². The lowest BCUT2D eigenvalue weighted by molar-refractivity contribution is 0.214. The number of thioether (sulfide) groups is 1. The number of nitrogens with one attached hydrogen (secondary N) is 1. The van der Waals surface area contributed by atoms with Crippen molar-refractivity contribution in [3.8, 4) is 11.5 Å². The van der Waals surface area contributed by atoms with Crippen molar-refractivity contribution in [2.45, 2.75) is 12.0 Å². The number of hydrogen-bond donors (Lipinski definition) is 1. The molecule has 160 valence electrons. The molecular weight excluding hydrogens is 415 g/mol. The molecule has 1 fully saturated rings. The first-order valence-corrected chi connectivity index (χ1v) is 11.0. The van der Waals surface area contributed by atoms with Gasteiger partial charge in [-0.2, -0.15) is 0 Å². The highest BCUT2D eigenvalue weighted by Crippen LogP contribution is 2.41. The summed E-state index contributed by atoms with van der Waals surface area (Å²) in [5.41, 5.74) is 2.16. The van der Waals surface area contributed by atoms with Crippen LogP contribution in [-0.4, -0.2) is 30.3 Å². The molecule has 31 heavy (non-hydrogen) atoms. The van der Waals surface area contributed by atoms with Gasteiger partial charge in [-0.15, -0.1) is 11.8 Å². The Morgan fingerprint density at radius 1 is 1.10 bits per heavy atom. The fraction of sp³-hybridized carbons (Fsp3) is 0.208. The lowest BCUT2D eigenvalue weighted by Gasteiger charge is -2.25. The first-order valence-electron chi connectivity index (χ1n) is 9.94. The number of hydrogen-bond acceptors (Lipinski definition) is 4. The third-order valence-corrected chi connectivity index (χ3v) is 6.24. The molecule has 4 rings (SSSR count). The average molecular weight is 439 g/mol. The van der Waals surface area contributed by atoms with Gasteiger partial charge in [-0.25, -0.2) is 9.18 Å². The fourth-order valence-electron chi connectivity index (χ4n) is 3.40. The highest BCUT2D eigenvalue weighted by molar-refractivity contribution is 7.99. The molecule has 3 aromatic carbocycles. The summed E-state index contributed by atoms with van der Waals surface area (Å²) in [6, 6.07) is 21.4. The van der Waals surface area contributed by atoms with Crippen LogP contribution in [0.3, 0.4) is 0 Å². The van der Waals surface area contributed by atoms with Gasteiger partial charge in [-0.3, -0.25) is 0 Å². The number of halogens is 1. The number of ether oxygens (including phenoxy) is 2. The van der Waals surface area contributed by atoms with Crippen LogP contribution in [0.25, 0.3) is 0 Å². The molecule has 0 aliphatic carbocycles. The van der Waals surface area contributed by atoms with Gasteiger partial charge in [0.1, 0.15) is 17.8 Å². The van der Waals surface area contributed by atoms with E-state index in [1.54, 1.807) is 42.0 Å². The summed E-state index contributed by atoms with van der Waals surface area (Å²) in [4.78, 5) is 14.5. The quantitative estimate of drug-likeness (QED) is 0.537. The Morgan fingerprint density at radius 3 is 2.65 bits per heavy atom. The highest BCUT2D eigenvalue weighted by Gasteiger charge is 2.31. The Hall–Kier alpha value is -3.19. The predicted molar refractivity (Wildman–Crippen MR) is 121 cm³/mol. The van der Waals surface area contributed by atoms with E-state index in [0.717, 1.165) is 16.9 Å². The van der Waals surface area contributed by atoms with E-state index in [2.05, 4.69) is 5.32 Å². The number of anilines is 1. The van der Waals surface area contributed by atoms with Crippen molar-refractivity contribution >= 4 is 23.5 Å². The maximum absolute atomic E-state index is 13.9. The molecule has 1 aliphatic heterocycles. The maximum atomic E-state index is 13.9. The van der Waals surface area contributed by atoms with Gasteiger partial charge in [-0.1, -0.05) is 48.5 Å². The molecule has 3 aromatic rings. The first kappa shape index (κ1) is 21.1. The number of urea groups is 1. The van der Waals surface area contributed by atoms with Gasteiger partial charge in [0.05, 0.1) is 12.8 Å². The summed E-state index contributed by atoms with van der Waals surface area (Å²) in [5, 5.41) is 2.48. The van der Waals surface area contributed by atoms with Crippen molar-refractivity contribution in [2.24, 2.45) is 0 Å². The minimum atomic E-state index is -0.458. The lowest BCUT2D eigenvalue weighted by atomic mass is 10.1. The highest BCUT2D eigenvalue weighted by atomic mass is 32.2. The number of benzene rings is 3. The number of para-hydroxylation sites is 1. The minimum Gasteiger partial charge on any atom is -0.493 e. The average Bonchev–Trinajstić information content (AvgIpc) is 3.30. The second kappa shape index (κ2) is 9.75. The number of nitrogens with zero attached hydrogens (tertiary/aromatic N) is 1. The molecule has 0 aromatic heterocycles. The van der Waals surface area contributed by atoms with Crippen molar-refractivity contribution < 1.29 is 18.7 Å². The third kappa shape index (κ3) is 4.94. The molecular formula is C24H23FN2O3S. The molecule has 0 spiro atoms. The second-order valence-corrected chi connectivity index (χ2v) is 8.20. The van der Waals surface area contributed by atoms with E-state index in [1.165, 1.54) is 6.07 Å². The van der Waals surface area contributed by atoms with Crippen LogP contribution in [0.1, 0.15) is 16.5 Å². The zero-order valence-electron chi connectivity index (χ0n) is 17.1. The predicted octanol–water partition coefficient (Wildman–Crippen LogP) is 5.69. The Kier molecular flexibility index (Phi) is 6.62. The zero-order chi connectivity index (χ0) is 21.6. The first-order chi connectivity index (χ1) is 15.2. The van der Waals surface area contributed by atoms with E-state index in [4.69, 9.17) is 9.47 Å². The standard InChI is InChI=1S/C24H23FN2O3S/c1-29-22-15-18(11-12-21(22)30-16-17-7-3-2-4-8-17)23-27(13-14-31-23)24(28)26-20-10-6-5-9-19(20)25/h2-12,15,23H,13-14,16H2,1H3,(H,26,28). The van der Waals surface area contributed by atoms with Crippen molar-refractivity contribution in [2.75, 3.05) is 24.7 Å². The molecule has 1 aliphatic rings. The molecule has 0 saturated carbocycles. The van der Waals surface area contributed by atoms with E-state index in [0.29, 0.717) is 24.7 Å². The van der Waals surface area contributed by atoms with Gasteiger partial charge < -0.3 is 19.7 Å². The van der Waals surface area contributed by atoms with Gasteiger partial charge in [0.15, 0.2) is 11.5 Å². The van der Waals surface area contributed by atoms with Crippen LogP contribution in [0, 0.1) is 5.82 Å². The number of amides is 2. The summed E-state index contributed by atoms with van der Waals surface area (Å²) >= 11 is 1.66. The number of carbonyl (C=O) groups excluding carboxylic acids is 1. The van der Waals surface area contributed by atoms with Crippen LogP contribution in [0.15, 0.2) is 72.8 Å². The van der Waals surface area contributed by atoms with E-state index in [1.807, 2.05) is 48.5 Å². The molecule has 1 heterocycles. The topological polar surface area (TPSA) is 50.8 Å². The molecule has 2 amide bonds. The van der Waals surface area contributed by atoms with E-state index >= 15 is 0 Å². The summed E-state index contributed by atoms with van der Waals surface area (Å²) in [6.07, 6.45) is 0. The minimum absolute atomic E-state index is 0.172. The molecule has 1 N–H and O–H groups in total. The summed E-state index contributed by atoms with van der Waals surface area (Å²) in [7, 11) is 1.60. The lowest BCUT2D eigenvalue weighted by Crippen LogP contribution is -2.34. The van der Waals surface area contributed by atoms with Crippen LogP contribution in [0.5, 0.6) is 11.5 Å². The normalized spacial score (nSPS) is 15.5. The Labute approximate surface area is 185 Å². The van der Waals surface area contributed by atoms with Gasteiger partial charge in [0.2, 0.25) is 0 Å². The smallest absolute Gasteiger partial charge is 0.323 e. The van der Waals surface area contributed by atoms with Crippen molar-refractivity contribution in [1.82, 2.24) is 4.90 Å². The Balaban J connectivity index is 1.48. The largest absolute Gasteiger partial charge is 0.493 e. The Bertz CT molecular complexity index is 1050. The monoisotopic (exact) mass is 438 g/mol.